The fourth-order valence-electron chi connectivity index (χ4n) is 4.22. The van der Waals surface area contributed by atoms with Crippen LogP contribution in [0.15, 0.2) is 83.0 Å². The maximum absolute atomic E-state index is 13.6. The highest BCUT2D eigenvalue weighted by Gasteiger charge is 2.35. The molecule has 0 saturated carbocycles. The zero-order valence-electron chi connectivity index (χ0n) is 20.2. The van der Waals surface area contributed by atoms with Crippen LogP contribution >= 0.6 is 0 Å². The number of methoxy groups -OCH3 is 1. The van der Waals surface area contributed by atoms with Gasteiger partial charge in [-0.05, 0) is 61.4 Å². The number of aryl methyl sites for hydroxylation is 1. The number of rotatable bonds is 6. The number of benzene rings is 3. The Hall–Kier alpha value is -4.46. The number of nitrogens with zero attached hydrogens (tertiary/aromatic N) is 3. The van der Waals surface area contributed by atoms with Crippen LogP contribution in [0.5, 0.6) is 5.75 Å². The SMILES string of the molecule is COc1ccc(-c2noc(C3=C(C)N(Cc4ccc(C)cc4)C(=O)NC3c3ccc(F)cc3)n2)cc1. The molecule has 0 radical (unpaired) electrons. The summed E-state index contributed by atoms with van der Waals surface area (Å²) in [4.78, 5) is 19.5. The number of allylic oxidation sites excluding steroid dienone is 1. The molecule has 182 valence electrons. The van der Waals surface area contributed by atoms with Crippen molar-refractivity contribution in [2.75, 3.05) is 7.11 Å². The molecule has 3 aromatic carbocycles. The summed E-state index contributed by atoms with van der Waals surface area (Å²) in [6, 6.07) is 20.5. The molecule has 1 N–H and O–H groups in total. The summed E-state index contributed by atoms with van der Waals surface area (Å²) < 4.78 is 24.6. The van der Waals surface area contributed by atoms with E-state index in [1.807, 2.05) is 62.4 Å². The number of halogens is 1. The smallest absolute Gasteiger partial charge is 0.322 e. The van der Waals surface area contributed by atoms with Crippen LogP contribution < -0.4 is 10.1 Å². The van der Waals surface area contributed by atoms with Gasteiger partial charge in [-0.2, -0.15) is 4.98 Å². The molecule has 1 unspecified atom stereocenters. The van der Waals surface area contributed by atoms with Gasteiger partial charge in [0.1, 0.15) is 11.6 Å². The Balaban J connectivity index is 1.57. The molecule has 2 heterocycles. The third kappa shape index (κ3) is 4.57. The number of urea groups is 1. The molecule has 1 aliphatic rings. The average Bonchev–Trinajstić information content (AvgIpc) is 3.37. The molecule has 2 amide bonds. The van der Waals surface area contributed by atoms with Crippen molar-refractivity contribution in [2.45, 2.75) is 26.4 Å². The third-order valence-electron chi connectivity index (χ3n) is 6.27. The van der Waals surface area contributed by atoms with Crippen molar-refractivity contribution >= 4 is 11.6 Å². The van der Waals surface area contributed by atoms with Crippen molar-refractivity contribution < 1.29 is 18.4 Å². The molecule has 36 heavy (non-hydrogen) atoms. The summed E-state index contributed by atoms with van der Waals surface area (Å²) in [6.45, 7) is 4.25. The van der Waals surface area contributed by atoms with Crippen molar-refractivity contribution in [1.29, 1.82) is 0 Å². The molecule has 5 rings (SSSR count). The Bertz CT molecular complexity index is 1410. The van der Waals surface area contributed by atoms with E-state index in [-0.39, 0.29) is 17.7 Å². The first kappa shape index (κ1) is 23.3. The summed E-state index contributed by atoms with van der Waals surface area (Å²) in [5.74, 6) is 1.05. The molecule has 0 saturated heterocycles. The molecule has 1 aliphatic heterocycles. The van der Waals surface area contributed by atoms with Crippen molar-refractivity contribution in [3.05, 3.63) is 107 Å². The summed E-state index contributed by atoms with van der Waals surface area (Å²) in [6.07, 6.45) is 0. The van der Waals surface area contributed by atoms with E-state index in [0.29, 0.717) is 29.2 Å². The van der Waals surface area contributed by atoms with Crippen LogP contribution in [0.3, 0.4) is 0 Å². The fraction of sp³-hybridized carbons (Fsp3) is 0.179. The largest absolute Gasteiger partial charge is 0.497 e. The highest BCUT2D eigenvalue weighted by molar-refractivity contribution is 5.86. The number of ether oxygens (including phenoxy) is 1. The quantitative estimate of drug-likeness (QED) is 0.369. The Morgan fingerprint density at radius 3 is 2.36 bits per heavy atom. The zero-order chi connectivity index (χ0) is 25.2. The lowest BCUT2D eigenvalue weighted by atomic mass is 9.94. The van der Waals surface area contributed by atoms with E-state index < -0.39 is 6.04 Å². The summed E-state index contributed by atoms with van der Waals surface area (Å²) in [5, 5.41) is 7.22. The molecular formula is C28H25FN4O3. The maximum Gasteiger partial charge on any atom is 0.322 e. The molecule has 1 aromatic heterocycles. The van der Waals surface area contributed by atoms with Gasteiger partial charge in [-0.1, -0.05) is 47.1 Å². The topological polar surface area (TPSA) is 80.5 Å². The standard InChI is InChI=1S/C28H25FN4O3/c1-17-4-6-19(7-5-17)16-33-18(2)24(25(30-28(33)34)20-8-12-22(29)13-9-20)27-31-26(32-36-27)21-10-14-23(35-3)15-11-21/h4-15,25H,16H2,1-3H3,(H,30,34). The number of carbonyl (C=O) groups is 1. The van der Waals surface area contributed by atoms with Crippen LogP contribution in [0.4, 0.5) is 9.18 Å². The molecule has 0 aliphatic carbocycles. The van der Waals surface area contributed by atoms with E-state index in [1.54, 1.807) is 24.1 Å². The number of nitrogens with one attached hydrogen (secondary N) is 1. The molecule has 8 heteroatoms. The first-order valence-corrected chi connectivity index (χ1v) is 11.5. The summed E-state index contributed by atoms with van der Waals surface area (Å²) >= 11 is 0. The lowest BCUT2D eigenvalue weighted by molar-refractivity contribution is 0.203. The van der Waals surface area contributed by atoms with E-state index in [4.69, 9.17) is 9.26 Å². The molecule has 7 nitrogen and oxygen atoms in total. The summed E-state index contributed by atoms with van der Waals surface area (Å²) in [5.41, 5.74) is 4.93. The molecule has 4 aromatic rings. The lowest BCUT2D eigenvalue weighted by Crippen LogP contribution is -2.45. The van der Waals surface area contributed by atoms with Gasteiger partial charge in [-0.15, -0.1) is 0 Å². The van der Waals surface area contributed by atoms with Gasteiger partial charge in [0.25, 0.3) is 5.89 Å². The molecule has 1 atom stereocenters. The van der Waals surface area contributed by atoms with Gasteiger partial charge < -0.3 is 14.6 Å². The average molecular weight is 485 g/mol. The van der Waals surface area contributed by atoms with Crippen molar-refractivity contribution in [2.24, 2.45) is 0 Å². The highest BCUT2D eigenvalue weighted by atomic mass is 19.1. The first-order chi connectivity index (χ1) is 17.4. The van der Waals surface area contributed by atoms with Crippen LogP contribution in [0.25, 0.3) is 17.0 Å². The Kier molecular flexibility index (Phi) is 6.25. The minimum atomic E-state index is -0.587. The minimum Gasteiger partial charge on any atom is -0.497 e. The second-order valence-electron chi connectivity index (χ2n) is 8.66. The zero-order valence-corrected chi connectivity index (χ0v) is 20.2. The molecule has 0 bridgehead atoms. The normalized spacial score (nSPS) is 15.7. The Morgan fingerprint density at radius 2 is 1.69 bits per heavy atom. The van der Waals surface area contributed by atoms with Gasteiger partial charge >= 0.3 is 6.03 Å². The van der Waals surface area contributed by atoms with Gasteiger partial charge in [0.2, 0.25) is 5.82 Å². The van der Waals surface area contributed by atoms with Crippen LogP contribution in [0.1, 0.15) is 35.5 Å². The number of amides is 2. The van der Waals surface area contributed by atoms with Gasteiger partial charge in [0, 0.05) is 11.3 Å². The van der Waals surface area contributed by atoms with Gasteiger partial charge in [0.05, 0.1) is 25.3 Å². The van der Waals surface area contributed by atoms with Gasteiger partial charge in [-0.25, -0.2) is 9.18 Å². The monoisotopic (exact) mass is 484 g/mol. The predicted octanol–water partition coefficient (Wildman–Crippen LogP) is 5.89. The third-order valence-corrected chi connectivity index (χ3v) is 6.27. The maximum atomic E-state index is 13.6. The van der Waals surface area contributed by atoms with Crippen LogP contribution in [0, 0.1) is 12.7 Å². The first-order valence-electron chi connectivity index (χ1n) is 11.5. The molecular weight excluding hydrogens is 459 g/mol. The second-order valence-corrected chi connectivity index (χ2v) is 8.66. The van der Waals surface area contributed by atoms with E-state index in [9.17, 15) is 9.18 Å². The van der Waals surface area contributed by atoms with Crippen LogP contribution in [-0.4, -0.2) is 28.2 Å². The number of aromatic nitrogens is 2. The molecule has 0 spiro atoms. The van der Waals surface area contributed by atoms with Gasteiger partial charge in [-0.3, -0.25) is 4.90 Å². The number of hydrogen-bond acceptors (Lipinski definition) is 5. The lowest BCUT2D eigenvalue weighted by Gasteiger charge is -2.35. The van der Waals surface area contributed by atoms with Crippen LogP contribution in [-0.2, 0) is 6.54 Å². The fourth-order valence-corrected chi connectivity index (χ4v) is 4.22. The van der Waals surface area contributed by atoms with E-state index in [0.717, 1.165) is 22.4 Å². The number of carbonyl (C=O) groups excluding carboxylic acids is 1. The predicted molar refractivity (Wildman–Crippen MR) is 133 cm³/mol. The van der Waals surface area contributed by atoms with E-state index in [1.165, 1.54) is 12.1 Å². The second kappa shape index (κ2) is 9.65. The minimum absolute atomic E-state index is 0.263. The summed E-state index contributed by atoms with van der Waals surface area (Å²) in [7, 11) is 1.60. The Labute approximate surface area is 208 Å². The number of hydrogen-bond donors (Lipinski definition) is 1. The van der Waals surface area contributed by atoms with Gasteiger partial charge in [0.15, 0.2) is 0 Å². The van der Waals surface area contributed by atoms with Crippen molar-refractivity contribution in [3.8, 4) is 17.1 Å². The van der Waals surface area contributed by atoms with Crippen molar-refractivity contribution in [3.63, 3.8) is 0 Å². The van der Waals surface area contributed by atoms with Crippen LogP contribution in [0.2, 0.25) is 0 Å². The highest BCUT2D eigenvalue weighted by Crippen LogP contribution is 2.38. The molecule has 0 fully saturated rings. The Morgan fingerprint density at radius 1 is 1.00 bits per heavy atom. The van der Waals surface area contributed by atoms with Crippen molar-refractivity contribution in [1.82, 2.24) is 20.4 Å². The van der Waals surface area contributed by atoms with E-state index >= 15 is 0 Å². The van der Waals surface area contributed by atoms with E-state index in [2.05, 4.69) is 15.5 Å².